The van der Waals surface area contributed by atoms with Gasteiger partial charge in [-0.2, -0.15) is 0 Å². The second-order valence-corrected chi connectivity index (χ2v) is 4.30. The number of nitrogens with two attached hydrogens (primary N) is 1. The van der Waals surface area contributed by atoms with Crippen LogP contribution in [0.25, 0.3) is 0 Å². The summed E-state index contributed by atoms with van der Waals surface area (Å²) < 4.78 is 16.2. The van der Waals surface area contributed by atoms with Gasteiger partial charge in [0.15, 0.2) is 11.5 Å². The molecule has 1 heterocycles. The van der Waals surface area contributed by atoms with Gasteiger partial charge in [-0.15, -0.1) is 0 Å². The van der Waals surface area contributed by atoms with Gasteiger partial charge in [-0.05, 0) is 11.6 Å². The lowest BCUT2D eigenvalue weighted by atomic mass is 9.97. The molecule has 0 bridgehead atoms. The molecule has 1 atom stereocenters. The Morgan fingerprint density at radius 1 is 1.47 bits per heavy atom. The zero-order valence-corrected chi connectivity index (χ0v) is 10.7. The van der Waals surface area contributed by atoms with Crippen LogP contribution in [0.2, 0.25) is 0 Å². The Kier molecular flexibility index (Phi) is 4.24. The number of fused-ring (bicyclic) bond motifs is 1. The van der Waals surface area contributed by atoms with Crippen LogP contribution in [0.15, 0.2) is 12.1 Å². The maximum absolute atomic E-state index is 10.8. The van der Waals surface area contributed by atoms with Crippen molar-refractivity contribution in [2.75, 3.05) is 20.3 Å². The van der Waals surface area contributed by atoms with Crippen molar-refractivity contribution >= 4 is 5.97 Å². The predicted molar refractivity (Wildman–Crippen MR) is 67.3 cm³/mol. The number of benzene rings is 1. The zero-order valence-electron chi connectivity index (χ0n) is 10.7. The number of hydrogen-bond acceptors (Lipinski definition) is 5. The summed E-state index contributed by atoms with van der Waals surface area (Å²) in [7, 11) is 1.57. The molecular weight excluding hydrogens is 250 g/mol. The Balaban J connectivity index is 2.43. The van der Waals surface area contributed by atoms with Crippen LogP contribution >= 0.6 is 0 Å². The summed E-state index contributed by atoms with van der Waals surface area (Å²) in [5, 5.41) is 8.89. The molecule has 0 saturated heterocycles. The lowest BCUT2D eigenvalue weighted by Crippen LogP contribution is -2.22. The van der Waals surface area contributed by atoms with E-state index in [0.717, 1.165) is 5.56 Å². The van der Waals surface area contributed by atoms with Crippen molar-refractivity contribution in [1.82, 2.24) is 0 Å². The largest absolute Gasteiger partial charge is 0.486 e. The minimum absolute atomic E-state index is 0.170. The fourth-order valence-corrected chi connectivity index (χ4v) is 2.16. The molecule has 104 valence electrons. The number of methoxy groups -OCH3 is 1. The lowest BCUT2D eigenvalue weighted by Gasteiger charge is -2.25. The van der Waals surface area contributed by atoms with Crippen LogP contribution in [0.4, 0.5) is 0 Å². The van der Waals surface area contributed by atoms with E-state index < -0.39 is 12.0 Å². The first-order valence-electron chi connectivity index (χ1n) is 6.01. The van der Waals surface area contributed by atoms with Crippen LogP contribution in [0.5, 0.6) is 11.5 Å². The summed E-state index contributed by atoms with van der Waals surface area (Å²) in [4.78, 5) is 10.8. The third-order valence-electron chi connectivity index (χ3n) is 2.90. The van der Waals surface area contributed by atoms with E-state index in [1.807, 2.05) is 6.07 Å². The monoisotopic (exact) mass is 267 g/mol. The van der Waals surface area contributed by atoms with Gasteiger partial charge in [0.2, 0.25) is 0 Å². The first kappa shape index (κ1) is 13.6. The normalized spacial score (nSPS) is 15.1. The number of carboxylic acid groups (broad SMARTS) is 1. The third-order valence-corrected chi connectivity index (χ3v) is 2.90. The Bertz CT molecular complexity index is 474. The van der Waals surface area contributed by atoms with E-state index in [9.17, 15) is 4.79 Å². The molecule has 0 aromatic heterocycles. The maximum Gasteiger partial charge on any atom is 0.305 e. The molecule has 1 aromatic rings. The number of carboxylic acids is 1. The van der Waals surface area contributed by atoms with E-state index in [1.165, 1.54) is 0 Å². The van der Waals surface area contributed by atoms with E-state index in [1.54, 1.807) is 13.2 Å². The molecule has 0 saturated carbocycles. The Hall–Kier alpha value is -1.79. The molecule has 1 aliphatic heterocycles. The number of aliphatic carboxylic acids is 1. The van der Waals surface area contributed by atoms with Crippen molar-refractivity contribution in [3.8, 4) is 11.5 Å². The van der Waals surface area contributed by atoms with Gasteiger partial charge in [-0.3, -0.25) is 4.79 Å². The smallest absolute Gasteiger partial charge is 0.305 e. The van der Waals surface area contributed by atoms with E-state index >= 15 is 0 Å². The van der Waals surface area contributed by atoms with Crippen LogP contribution in [-0.4, -0.2) is 31.4 Å². The maximum atomic E-state index is 10.8. The molecule has 0 fully saturated rings. The van der Waals surface area contributed by atoms with Gasteiger partial charge in [0.25, 0.3) is 0 Å². The summed E-state index contributed by atoms with van der Waals surface area (Å²) >= 11 is 0. The molecule has 3 N–H and O–H groups in total. The summed E-state index contributed by atoms with van der Waals surface area (Å²) in [5.41, 5.74) is 7.45. The van der Waals surface area contributed by atoms with Crippen LogP contribution in [0.1, 0.15) is 23.6 Å². The fraction of sp³-hybridized carbons (Fsp3) is 0.462. The number of rotatable bonds is 5. The molecule has 2 rings (SSSR count). The van der Waals surface area contributed by atoms with E-state index in [4.69, 9.17) is 25.1 Å². The van der Waals surface area contributed by atoms with Crippen molar-refractivity contribution in [1.29, 1.82) is 0 Å². The van der Waals surface area contributed by atoms with Crippen LogP contribution in [-0.2, 0) is 16.1 Å². The molecular formula is C13H17NO5. The predicted octanol–water partition coefficient (Wildman–Crippen LogP) is 1.08. The molecule has 0 radical (unpaired) electrons. The second-order valence-electron chi connectivity index (χ2n) is 4.30. The summed E-state index contributed by atoms with van der Waals surface area (Å²) in [6, 6.07) is 2.97. The van der Waals surface area contributed by atoms with Gasteiger partial charge in [-0.25, -0.2) is 0 Å². The summed E-state index contributed by atoms with van der Waals surface area (Å²) in [5.74, 6) is 0.182. The highest BCUT2D eigenvalue weighted by Gasteiger charge is 2.24. The van der Waals surface area contributed by atoms with E-state index in [-0.39, 0.29) is 6.42 Å². The van der Waals surface area contributed by atoms with Crippen LogP contribution in [0, 0.1) is 0 Å². The average Bonchev–Trinajstić information content (AvgIpc) is 2.37. The van der Waals surface area contributed by atoms with Crippen molar-refractivity contribution in [3.63, 3.8) is 0 Å². The number of ether oxygens (including phenoxy) is 3. The van der Waals surface area contributed by atoms with Crippen molar-refractivity contribution < 1.29 is 24.1 Å². The average molecular weight is 267 g/mol. The first-order valence-corrected chi connectivity index (χ1v) is 6.01. The van der Waals surface area contributed by atoms with Crippen molar-refractivity contribution in [3.05, 3.63) is 23.3 Å². The second kappa shape index (κ2) is 5.90. The Morgan fingerprint density at radius 2 is 2.21 bits per heavy atom. The van der Waals surface area contributed by atoms with Crippen molar-refractivity contribution in [2.45, 2.75) is 19.1 Å². The Morgan fingerprint density at radius 3 is 2.89 bits per heavy atom. The standard InChI is InChI=1S/C13H17NO5/c1-17-7-8-2-3-10-13(19-5-4-18-10)12(8)9(14)6-11(15)16/h2-3,9H,4-7,14H2,1H3,(H,15,16). The molecule has 19 heavy (non-hydrogen) atoms. The van der Waals surface area contributed by atoms with Gasteiger partial charge in [-0.1, -0.05) is 6.07 Å². The summed E-state index contributed by atoms with van der Waals surface area (Å²) in [6.07, 6.45) is -0.170. The van der Waals surface area contributed by atoms with Crippen LogP contribution in [0.3, 0.4) is 0 Å². The van der Waals surface area contributed by atoms with E-state index in [2.05, 4.69) is 0 Å². The molecule has 1 aromatic carbocycles. The number of hydrogen-bond donors (Lipinski definition) is 2. The molecule has 0 spiro atoms. The zero-order chi connectivity index (χ0) is 13.8. The molecule has 0 amide bonds. The molecule has 1 unspecified atom stereocenters. The topological polar surface area (TPSA) is 91.0 Å². The highest BCUT2D eigenvalue weighted by Crippen LogP contribution is 2.39. The quantitative estimate of drug-likeness (QED) is 0.829. The summed E-state index contributed by atoms with van der Waals surface area (Å²) in [6.45, 7) is 1.25. The van der Waals surface area contributed by atoms with Gasteiger partial charge in [0, 0.05) is 18.7 Å². The molecule has 6 heteroatoms. The molecule has 0 aliphatic carbocycles. The van der Waals surface area contributed by atoms with Crippen molar-refractivity contribution in [2.24, 2.45) is 5.73 Å². The fourth-order valence-electron chi connectivity index (χ4n) is 2.16. The third kappa shape index (κ3) is 2.97. The van der Waals surface area contributed by atoms with Gasteiger partial charge < -0.3 is 25.1 Å². The molecule has 1 aliphatic rings. The Labute approximate surface area is 111 Å². The van der Waals surface area contributed by atoms with Gasteiger partial charge in [0.05, 0.1) is 13.0 Å². The van der Waals surface area contributed by atoms with Crippen LogP contribution < -0.4 is 15.2 Å². The lowest BCUT2D eigenvalue weighted by molar-refractivity contribution is -0.137. The minimum Gasteiger partial charge on any atom is -0.486 e. The van der Waals surface area contributed by atoms with E-state index in [0.29, 0.717) is 36.9 Å². The van der Waals surface area contributed by atoms with Gasteiger partial charge in [0.1, 0.15) is 13.2 Å². The SMILES string of the molecule is COCc1ccc2c(c1C(N)CC(=O)O)OCCO2. The van der Waals surface area contributed by atoms with Gasteiger partial charge >= 0.3 is 5.97 Å². The molecule has 6 nitrogen and oxygen atoms in total. The first-order chi connectivity index (χ1) is 9.13. The number of carbonyl (C=O) groups is 1. The minimum atomic E-state index is -0.954. The highest BCUT2D eigenvalue weighted by atomic mass is 16.6. The highest BCUT2D eigenvalue weighted by molar-refractivity contribution is 5.68.